The maximum atomic E-state index is 11.8. The van der Waals surface area contributed by atoms with E-state index in [2.05, 4.69) is 25.6 Å². The van der Waals surface area contributed by atoms with E-state index in [0.717, 1.165) is 5.56 Å². The van der Waals surface area contributed by atoms with Gasteiger partial charge in [-0.05, 0) is 42.1 Å². The van der Waals surface area contributed by atoms with E-state index in [4.69, 9.17) is 16.7 Å². The fourth-order valence-corrected chi connectivity index (χ4v) is 4.84. The topological polar surface area (TPSA) is 185 Å². The second-order valence-electron chi connectivity index (χ2n) is 8.34. The monoisotopic (exact) mass is 523 g/mol. The van der Waals surface area contributed by atoms with E-state index < -0.39 is 34.3 Å². The van der Waals surface area contributed by atoms with E-state index >= 15 is 0 Å². The molecule has 4 atom stereocenters. The maximum absolute atomic E-state index is 11.8. The van der Waals surface area contributed by atoms with Gasteiger partial charge >= 0.3 is 0 Å². The standard InChI is InChI=1S/C21H26ClN7O5S/c1-2-15(30)26-13-9-14(18(32)17(13)31)29-10-25-16-19(27-21(22)28-20(16)29)24-8-7-11-3-5-12(6-4-11)35(23,33)34/h3-6,10,13-14,17-18,31-32H,2,7-9H2,1H3,(H,26,30)(H2,23,33,34)(H,24,27,28)/t13-,14+,17+,18-/m0/s1. The Hall–Kier alpha value is -2.84. The quantitative estimate of drug-likeness (QED) is 0.259. The average molecular weight is 524 g/mol. The first-order chi connectivity index (χ1) is 16.6. The van der Waals surface area contributed by atoms with Crippen molar-refractivity contribution in [1.29, 1.82) is 0 Å². The number of imidazole rings is 1. The number of fused-ring (bicyclic) bond motifs is 1. The molecule has 0 unspecified atom stereocenters. The first kappa shape index (κ1) is 25.3. The number of anilines is 1. The summed E-state index contributed by atoms with van der Waals surface area (Å²) in [7, 11) is -3.75. The van der Waals surface area contributed by atoms with Gasteiger partial charge in [-0.1, -0.05) is 19.1 Å². The lowest BCUT2D eigenvalue weighted by Crippen LogP contribution is -2.42. The fraction of sp³-hybridized carbons (Fsp3) is 0.429. The molecular formula is C21H26ClN7O5S. The highest BCUT2D eigenvalue weighted by atomic mass is 35.5. The SMILES string of the molecule is CCC(=O)N[C@H]1C[C@@H](n2cnc3c(NCCc4ccc(S(N)(=O)=O)cc4)nc(Cl)nc32)[C@H](O)[C@@H]1O. The number of hydrogen-bond donors (Lipinski definition) is 5. The molecule has 3 aromatic rings. The Kier molecular flexibility index (Phi) is 7.24. The molecule has 1 aliphatic carbocycles. The summed E-state index contributed by atoms with van der Waals surface area (Å²) in [6.07, 6.45) is 0.340. The Balaban J connectivity index is 1.50. The first-order valence-corrected chi connectivity index (χ1v) is 12.9. The van der Waals surface area contributed by atoms with Crippen LogP contribution in [0.4, 0.5) is 5.82 Å². The molecule has 0 spiro atoms. The van der Waals surface area contributed by atoms with Gasteiger partial charge in [0.05, 0.1) is 23.3 Å². The number of benzene rings is 1. The molecule has 0 radical (unpaired) electrons. The summed E-state index contributed by atoms with van der Waals surface area (Å²) in [5, 5.41) is 32.1. The summed E-state index contributed by atoms with van der Waals surface area (Å²) in [6, 6.07) is 5.08. The number of carbonyl (C=O) groups is 1. The summed E-state index contributed by atoms with van der Waals surface area (Å²) < 4.78 is 24.4. The van der Waals surface area contributed by atoms with E-state index in [1.807, 2.05) is 0 Å². The number of aliphatic hydroxyl groups is 2. The molecule has 35 heavy (non-hydrogen) atoms. The van der Waals surface area contributed by atoms with Gasteiger partial charge in [0.25, 0.3) is 0 Å². The van der Waals surface area contributed by atoms with Crippen molar-refractivity contribution in [3.63, 3.8) is 0 Å². The van der Waals surface area contributed by atoms with Crippen molar-refractivity contribution in [3.8, 4) is 0 Å². The van der Waals surface area contributed by atoms with Gasteiger partial charge < -0.3 is 25.4 Å². The van der Waals surface area contributed by atoms with Crippen molar-refractivity contribution in [2.24, 2.45) is 5.14 Å². The Morgan fingerprint density at radius 3 is 2.60 bits per heavy atom. The molecule has 1 amide bonds. The third-order valence-corrected chi connectivity index (χ3v) is 7.13. The molecule has 1 aromatic carbocycles. The minimum atomic E-state index is -3.75. The third-order valence-electron chi connectivity index (χ3n) is 6.03. The molecule has 1 saturated carbocycles. The Bertz CT molecular complexity index is 1330. The van der Waals surface area contributed by atoms with E-state index in [-0.39, 0.29) is 22.5 Å². The molecule has 2 aromatic heterocycles. The van der Waals surface area contributed by atoms with Gasteiger partial charge in [0.2, 0.25) is 21.2 Å². The molecule has 4 rings (SSSR count). The normalized spacial score (nSPS) is 22.4. The van der Waals surface area contributed by atoms with Gasteiger partial charge in [0.1, 0.15) is 12.2 Å². The second-order valence-corrected chi connectivity index (χ2v) is 10.2. The number of carbonyl (C=O) groups excluding carboxylic acids is 1. The second kappa shape index (κ2) is 10.0. The highest BCUT2D eigenvalue weighted by Gasteiger charge is 2.43. The van der Waals surface area contributed by atoms with Crippen LogP contribution in [-0.4, -0.2) is 68.9 Å². The number of rotatable bonds is 8. The number of sulfonamides is 1. The van der Waals surface area contributed by atoms with Gasteiger partial charge in [-0.3, -0.25) is 4.79 Å². The Morgan fingerprint density at radius 2 is 1.94 bits per heavy atom. The van der Waals surface area contributed by atoms with E-state index in [1.165, 1.54) is 18.5 Å². The molecule has 0 bridgehead atoms. The minimum absolute atomic E-state index is 0.0249. The summed E-state index contributed by atoms with van der Waals surface area (Å²) in [4.78, 5) is 24.7. The van der Waals surface area contributed by atoms with Crippen LogP contribution < -0.4 is 15.8 Å². The smallest absolute Gasteiger partial charge is 0.238 e. The van der Waals surface area contributed by atoms with Crippen molar-refractivity contribution in [3.05, 3.63) is 41.4 Å². The predicted octanol–water partition coefficient (Wildman–Crippen LogP) is 0.343. The lowest BCUT2D eigenvalue weighted by Gasteiger charge is -2.18. The van der Waals surface area contributed by atoms with Crippen LogP contribution in [0.1, 0.15) is 31.4 Å². The maximum Gasteiger partial charge on any atom is 0.238 e. The molecule has 12 nitrogen and oxygen atoms in total. The van der Waals surface area contributed by atoms with E-state index in [1.54, 1.807) is 23.6 Å². The highest BCUT2D eigenvalue weighted by Crippen LogP contribution is 2.34. The summed E-state index contributed by atoms with van der Waals surface area (Å²) in [5.74, 6) is 0.178. The van der Waals surface area contributed by atoms with E-state index in [9.17, 15) is 23.4 Å². The molecular weight excluding hydrogens is 498 g/mol. The molecule has 1 aliphatic rings. The van der Waals surface area contributed by atoms with Crippen LogP contribution >= 0.6 is 11.6 Å². The molecule has 14 heteroatoms. The number of hydrogen-bond acceptors (Lipinski definition) is 9. The number of aliphatic hydroxyl groups excluding tert-OH is 2. The molecule has 0 aliphatic heterocycles. The van der Waals surface area contributed by atoms with Crippen molar-refractivity contribution in [1.82, 2.24) is 24.8 Å². The fourth-order valence-electron chi connectivity index (χ4n) is 4.16. The molecule has 2 heterocycles. The average Bonchev–Trinajstić information content (AvgIpc) is 3.34. The first-order valence-electron chi connectivity index (χ1n) is 11.0. The largest absolute Gasteiger partial charge is 0.388 e. The molecule has 6 N–H and O–H groups in total. The van der Waals surface area contributed by atoms with Gasteiger partial charge in [0, 0.05) is 13.0 Å². The molecule has 1 fully saturated rings. The predicted molar refractivity (Wildman–Crippen MR) is 128 cm³/mol. The number of amides is 1. The third kappa shape index (κ3) is 5.38. The number of nitrogens with one attached hydrogen (secondary N) is 2. The number of primary sulfonamides is 1. The van der Waals surface area contributed by atoms with Gasteiger partial charge in [0.15, 0.2) is 17.0 Å². The lowest BCUT2D eigenvalue weighted by atomic mass is 10.1. The van der Waals surface area contributed by atoms with Crippen LogP contribution in [0.3, 0.4) is 0 Å². The highest BCUT2D eigenvalue weighted by molar-refractivity contribution is 7.89. The van der Waals surface area contributed by atoms with E-state index in [0.29, 0.717) is 36.4 Å². The van der Waals surface area contributed by atoms with Gasteiger partial charge in [-0.25, -0.2) is 18.5 Å². The van der Waals surface area contributed by atoms with Gasteiger partial charge in [-0.15, -0.1) is 0 Å². The van der Waals surface area contributed by atoms with Crippen LogP contribution in [0.25, 0.3) is 11.2 Å². The van der Waals surface area contributed by atoms with Gasteiger partial charge in [-0.2, -0.15) is 9.97 Å². The zero-order valence-corrected chi connectivity index (χ0v) is 20.4. The van der Waals surface area contributed by atoms with Crippen LogP contribution in [0.15, 0.2) is 35.5 Å². The van der Waals surface area contributed by atoms with Crippen LogP contribution in [0.5, 0.6) is 0 Å². The molecule has 188 valence electrons. The summed E-state index contributed by atoms with van der Waals surface area (Å²) in [5.41, 5.74) is 1.69. The zero-order valence-electron chi connectivity index (χ0n) is 18.8. The lowest BCUT2D eigenvalue weighted by molar-refractivity contribution is -0.122. The molecule has 0 saturated heterocycles. The van der Waals surface area contributed by atoms with Crippen molar-refractivity contribution in [2.75, 3.05) is 11.9 Å². The van der Waals surface area contributed by atoms with Crippen molar-refractivity contribution in [2.45, 2.75) is 55.4 Å². The summed E-state index contributed by atoms with van der Waals surface area (Å²) in [6.45, 7) is 2.15. The van der Waals surface area contributed by atoms with Crippen molar-refractivity contribution >= 4 is 44.5 Å². The van der Waals surface area contributed by atoms with Crippen LogP contribution in [0, 0.1) is 0 Å². The van der Waals surface area contributed by atoms with Crippen LogP contribution in [-0.2, 0) is 21.2 Å². The number of aromatic nitrogens is 4. The minimum Gasteiger partial charge on any atom is -0.388 e. The van der Waals surface area contributed by atoms with Crippen molar-refractivity contribution < 1.29 is 23.4 Å². The Morgan fingerprint density at radius 1 is 1.23 bits per heavy atom. The summed E-state index contributed by atoms with van der Waals surface area (Å²) >= 11 is 6.16. The number of nitrogens with zero attached hydrogens (tertiary/aromatic N) is 4. The Labute approximate surface area is 206 Å². The number of nitrogens with two attached hydrogens (primary N) is 1. The van der Waals surface area contributed by atoms with Crippen LogP contribution in [0.2, 0.25) is 5.28 Å². The number of halogens is 1. The zero-order chi connectivity index (χ0) is 25.3.